The second-order valence-corrected chi connectivity index (χ2v) is 5.22. The van der Waals surface area contributed by atoms with Crippen molar-refractivity contribution in [3.63, 3.8) is 0 Å². The zero-order chi connectivity index (χ0) is 8.39. The van der Waals surface area contributed by atoms with Gasteiger partial charge < -0.3 is 5.32 Å². The van der Waals surface area contributed by atoms with E-state index < -0.39 is 0 Å². The smallest absolute Gasteiger partial charge is 0.0305 e. The third kappa shape index (κ3) is 1.84. The van der Waals surface area contributed by atoms with Crippen LogP contribution in [0, 0.1) is 6.92 Å². The minimum absolute atomic E-state index is 0.775. The summed E-state index contributed by atoms with van der Waals surface area (Å²) in [6.07, 6.45) is 0. The molecule has 1 N–H and O–H groups in total. The molecule has 1 nitrogen and oxygen atoms in total. The van der Waals surface area contributed by atoms with E-state index in [1.54, 1.807) is 0 Å². The van der Waals surface area contributed by atoms with Crippen molar-refractivity contribution in [2.45, 2.75) is 19.5 Å². The number of nitrogens with one attached hydrogen (secondary N) is 1. The first-order valence-electron chi connectivity index (χ1n) is 4.20. The number of hydrogen-bond donors (Lipinski definition) is 1. The van der Waals surface area contributed by atoms with Gasteiger partial charge in [0.2, 0.25) is 0 Å². The molecule has 3 heteroatoms. The van der Waals surface area contributed by atoms with Crippen LogP contribution >= 0.6 is 23.1 Å². The summed E-state index contributed by atoms with van der Waals surface area (Å²) in [5.41, 5.74) is 1.43. The van der Waals surface area contributed by atoms with Crippen LogP contribution in [0.5, 0.6) is 0 Å². The van der Waals surface area contributed by atoms with Crippen molar-refractivity contribution in [2.24, 2.45) is 0 Å². The van der Waals surface area contributed by atoms with Gasteiger partial charge in [0.1, 0.15) is 0 Å². The molecule has 0 aliphatic carbocycles. The molecule has 1 saturated heterocycles. The average Bonchev–Trinajstić information content (AvgIpc) is 2.33. The fraction of sp³-hybridized carbons (Fsp3) is 0.556. The van der Waals surface area contributed by atoms with Crippen LogP contribution in [0.1, 0.15) is 10.4 Å². The number of thioether (sulfide) groups is 1. The lowest BCUT2D eigenvalue weighted by molar-refractivity contribution is 0.586. The van der Waals surface area contributed by atoms with Crippen LogP contribution in [0.3, 0.4) is 0 Å². The molecule has 2 heterocycles. The maximum absolute atomic E-state index is 3.55. The van der Waals surface area contributed by atoms with Gasteiger partial charge in [-0.1, -0.05) is 0 Å². The SMILES string of the molecule is Cc1ccsc1CNC1CSC1. The summed E-state index contributed by atoms with van der Waals surface area (Å²) in [4.78, 5) is 1.49. The Kier molecular flexibility index (Phi) is 2.73. The zero-order valence-electron chi connectivity index (χ0n) is 7.17. The highest BCUT2D eigenvalue weighted by Crippen LogP contribution is 2.20. The van der Waals surface area contributed by atoms with Crippen molar-refractivity contribution >= 4 is 23.1 Å². The van der Waals surface area contributed by atoms with Gasteiger partial charge in [0, 0.05) is 29.0 Å². The van der Waals surface area contributed by atoms with E-state index in [4.69, 9.17) is 0 Å². The number of thiophene rings is 1. The van der Waals surface area contributed by atoms with Gasteiger partial charge in [-0.3, -0.25) is 0 Å². The van der Waals surface area contributed by atoms with E-state index in [1.165, 1.54) is 21.9 Å². The first-order valence-corrected chi connectivity index (χ1v) is 6.24. The Bertz CT molecular complexity index is 253. The van der Waals surface area contributed by atoms with Crippen LogP contribution in [-0.4, -0.2) is 17.5 Å². The maximum atomic E-state index is 3.55. The highest BCUT2D eigenvalue weighted by Gasteiger charge is 2.17. The second kappa shape index (κ2) is 3.81. The summed E-state index contributed by atoms with van der Waals surface area (Å²) in [6.45, 7) is 3.25. The van der Waals surface area contributed by atoms with E-state index in [1.807, 2.05) is 23.1 Å². The number of hydrogen-bond acceptors (Lipinski definition) is 3. The van der Waals surface area contributed by atoms with Gasteiger partial charge in [-0.25, -0.2) is 0 Å². The van der Waals surface area contributed by atoms with Crippen LogP contribution in [-0.2, 0) is 6.54 Å². The second-order valence-electron chi connectivity index (χ2n) is 3.14. The third-order valence-corrected chi connectivity index (χ3v) is 4.46. The summed E-state index contributed by atoms with van der Waals surface area (Å²) >= 11 is 3.88. The van der Waals surface area contributed by atoms with Crippen LogP contribution < -0.4 is 5.32 Å². The Hall–Kier alpha value is 0.01000. The summed E-state index contributed by atoms with van der Waals surface area (Å²) in [7, 11) is 0. The fourth-order valence-corrected chi connectivity index (χ4v) is 2.74. The van der Waals surface area contributed by atoms with Crippen molar-refractivity contribution in [2.75, 3.05) is 11.5 Å². The van der Waals surface area contributed by atoms with Gasteiger partial charge >= 0.3 is 0 Å². The van der Waals surface area contributed by atoms with Crippen LogP contribution in [0.25, 0.3) is 0 Å². The summed E-state index contributed by atoms with van der Waals surface area (Å²) in [6, 6.07) is 2.97. The van der Waals surface area contributed by atoms with Crippen molar-refractivity contribution in [1.82, 2.24) is 5.32 Å². The maximum Gasteiger partial charge on any atom is 0.0305 e. The highest BCUT2D eigenvalue weighted by molar-refractivity contribution is 8.00. The molecule has 0 saturated carbocycles. The number of aryl methyl sites for hydroxylation is 1. The molecule has 1 fully saturated rings. The molecule has 0 amide bonds. The summed E-state index contributed by atoms with van der Waals surface area (Å²) < 4.78 is 0. The van der Waals surface area contributed by atoms with Crippen LogP contribution in [0.15, 0.2) is 11.4 Å². The molecular formula is C9H13NS2. The first-order chi connectivity index (χ1) is 5.86. The van der Waals surface area contributed by atoms with E-state index in [-0.39, 0.29) is 0 Å². The molecule has 0 unspecified atom stereocenters. The molecule has 0 atom stereocenters. The highest BCUT2D eigenvalue weighted by atomic mass is 32.2. The molecule has 0 radical (unpaired) electrons. The molecular weight excluding hydrogens is 186 g/mol. The van der Waals surface area contributed by atoms with Crippen LogP contribution in [0.2, 0.25) is 0 Å². The van der Waals surface area contributed by atoms with Crippen molar-refractivity contribution in [3.05, 3.63) is 21.9 Å². The zero-order valence-corrected chi connectivity index (χ0v) is 8.80. The lowest BCUT2D eigenvalue weighted by Gasteiger charge is -2.25. The fourth-order valence-electron chi connectivity index (χ4n) is 1.18. The molecule has 2 rings (SSSR count). The molecule has 66 valence electrons. The summed E-state index contributed by atoms with van der Waals surface area (Å²) in [5, 5.41) is 5.72. The van der Waals surface area contributed by atoms with Gasteiger partial charge in [0.15, 0.2) is 0 Å². The molecule has 1 aliphatic rings. The quantitative estimate of drug-likeness (QED) is 0.801. The van der Waals surface area contributed by atoms with Crippen LogP contribution in [0.4, 0.5) is 0 Å². The van der Waals surface area contributed by atoms with E-state index in [9.17, 15) is 0 Å². The van der Waals surface area contributed by atoms with Gasteiger partial charge in [-0.05, 0) is 23.9 Å². The van der Waals surface area contributed by atoms with Crippen molar-refractivity contribution < 1.29 is 0 Å². The van der Waals surface area contributed by atoms with Gasteiger partial charge in [-0.2, -0.15) is 11.8 Å². The average molecular weight is 199 g/mol. The van der Waals surface area contributed by atoms with E-state index in [2.05, 4.69) is 23.7 Å². The van der Waals surface area contributed by atoms with E-state index >= 15 is 0 Å². The Labute approximate surface area is 81.6 Å². The largest absolute Gasteiger partial charge is 0.307 e. The van der Waals surface area contributed by atoms with Crippen molar-refractivity contribution in [1.29, 1.82) is 0 Å². The Morgan fingerprint density at radius 3 is 2.92 bits per heavy atom. The topological polar surface area (TPSA) is 12.0 Å². The first kappa shape index (κ1) is 8.60. The van der Waals surface area contributed by atoms with Gasteiger partial charge in [0.05, 0.1) is 0 Å². The van der Waals surface area contributed by atoms with Gasteiger partial charge in [-0.15, -0.1) is 11.3 Å². The Morgan fingerprint density at radius 2 is 2.42 bits per heavy atom. The minimum atomic E-state index is 0.775. The third-order valence-electron chi connectivity index (χ3n) is 2.16. The molecule has 0 aromatic carbocycles. The minimum Gasteiger partial charge on any atom is -0.307 e. The monoisotopic (exact) mass is 199 g/mol. The van der Waals surface area contributed by atoms with E-state index in [0.717, 1.165) is 12.6 Å². The molecule has 12 heavy (non-hydrogen) atoms. The number of rotatable bonds is 3. The molecule has 1 aromatic rings. The van der Waals surface area contributed by atoms with Crippen molar-refractivity contribution in [3.8, 4) is 0 Å². The normalized spacial score (nSPS) is 17.8. The Balaban J connectivity index is 1.82. The van der Waals surface area contributed by atoms with E-state index in [0.29, 0.717) is 0 Å². The standard InChI is InChI=1S/C9H13NS2/c1-7-2-3-12-9(7)4-10-8-5-11-6-8/h2-3,8,10H,4-6H2,1H3. The predicted molar refractivity (Wildman–Crippen MR) is 57.0 cm³/mol. The Morgan fingerprint density at radius 1 is 1.58 bits per heavy atom. The molecule has 1 aliphatic heterocycles. The predicted octanol–water partition coefficient (Wildman–Crippen LogP) is 2.26. The summed E-state index contributed by atoms with van der Waals surface area (Å²) in [5.74, 6) is 2.59. The molecule has 0 bridgehead atoms. The lowest BCUT2D eigenvalue weighted by atomic mass is 10.3. The molecule has 1 aromatic heterocycles. The molecule has 0 spiro atoms. The lowest BCUT2D eigenvalue weighted by Crippen LogP contribution is -2.39. The van der Waals surface area contributed by atoms with Gasteiger partial charge in [0.25, 0.3) is 0 Å².